The molecule has 0 spiro atoms. The minimum Gasteiger partial charge on any atom is -0.495 e. The first kappa shape index (κ1) is 44.3. The Hall–Kier alpha value is -5.55. The second kappa shape index (κ2) is 17.3. The van der Waals surface area contributed by atoms with Crippen LogP contribution < -0.4 is 35.8 Å². The molecule has 3 aromatic heterocycles. The van der Waals surface area contributed by atoms with Gasteiger partial charge in [-0.3, -0.25) is 4.90 Å². The van der Waals surface area contributed by atoms with Gasteiger partial charge >= 0.3 is 6.18 Å². The zero-order valence-corrected chi connectivity index (χ0v) is 39.6. The molecule has 6 heterocycles. The van der Waals surface area contributed by atoms with E-state index in [2.05, 4.69) is 73.0 Å². The van der Waals surface area contributed by atoms with E-state index in [1.165, 1.54) is 16.7 Å². The van der Waals surface area contributed by atoms with Crippen molar-refractivity contribution in [3.8, 4) is 11.8 Å². The number of benzene rings is 2. The first-order chi connectivity index (χ1) is 31.7. The lowest BCUT2D eigenvalue weighted by molar-refractivity contribution is -0.0688. The maximum atomic E-state index is 14.9. The lowest BCUT2D eigenvalue weighted by Crippen LogP contribution is -2.44. The fourth-order valence-corrected chi connectivity index (χ4v) is 12.3. The molecule has 0 radical (unpaired) electrons. The van der Waals surface area contributed by atoms with E-state index in [4.69, 9.17) is 24.7 Å². The van der Waals surface area contributed by atoms with Crippen LogP contribution in [0.5, 0.6) is 5.75 Å². The van der Waals surface area contributed by atoms with Crippen molar-refractivity contribution in [3.63, 3.8) is 0 Å². The Bertz CT molecular complexity index is 2700. The summed E-state index contributed by atoms with van der Waals surface area (Å²) in [4.78, 5) is 29.1. The van der Waals surface area contributed by atoms with Gasteiger partial charge in [0.1, 0.15) is 28.3 Å². The first-order valence-corrected chi connectivity index (χ1v) is 25.1. The Balaban J connectivity index is 0.832. The molecule has 3 aliphatic heterocycles. The van der Waals surface area contributed by atoms with Crippen molar-refractivity contribution in [1.29, 1.82) is 5.26 Å². The van der Waals surface area contributed by atoms with E-state index in [1.807, 2.05) is 49.7 Å². The van der Waals surface area contributed by atoms with E-state index < -0.39 is 22.6 Å². The molecule has 0 bridgehead atoms. The maximum Gasteiger partial charge on any atom is 0.417 e. The number of piperidine rings is 1. The molecule has 5 aromatic rings. The molecule has 19 heteroatoms. The van der Waals surface area contributed by atoms with E-state index in [-0.39, 0.29) is 28.5 Å². The average molecular weight is 940 g/mol. The minimum absolute atomic E-state index is 0.0395. The Morgan fingerprint density at radius 3 is 2.15 bits per heavy atom. The molecular formula is C47H56F3N13OS2. The summed E-state index contributed by atoms with van der Waals surface area (Å²) in [5, 5.41) is 27.8. The Morgan fingerprint density at radius 1 is 0.864 bits per heavy atom. The van der Waals surface area contributed by atoms with Crippen LogP contribution in [0.25, 0.3) is 15.8 Å². The van der Waals surface area contributed by atoms with Crippen molar-refractivity contribution < 1.29 is 17.9 Å². The van der Waals surface area contributed by atoms with E-state index in [9.17, 15) is 18.4 Å². The molecule has 2 saturated heterocycles. The number of alkyl halides is 3. The number of anilines is 8. The topological polar surface area (TPSA) is 146 Å². The van der Waals surface area contributed by atoms with Crippen LogP contribution in [0.4, 0.5) is 59.5 Å². The molecule has 4 fully saturated rings. The summed E-state index contributed by atoms with van der Waals surface area (Å²) in [6.45, 7) is 9.59. The number of likely N-dealkylation sites (N-methyl/N-ethyl adjacent to an activating group) is 1. The van der Waals surface area contributed by atoms with Crippen LogP contribution >= 0.6 is 22.2 Å². The lowest BCUT2D eigenvalue weighted by atomic mass is 10.0. The molecule has 348 valence electrons. The smallest absolute Gasteiger partial charge is 0.417 e. The van der Waals surface area contributed by atoms with E-state index in [1.54, 1.807) is 7.11 Å². The molecule has 5 aliphatic rings. The highest BCUT2D eigenvalue weighted by atomic mass is 32.2. The number of aromatic nitrogens is 4. The zero-order valence-electron chi connectivity index (χ0n) is 37.9. The standard InChI is InChI=1S/C47H56F3N13OS2/c1-45(14-15-45)58-39-37-29(25-51)26-65-41(37)56-43(54-39)53-31-8-11-35(36(24-31)64-5)63-18-12-32(13-19-63)61(4)28-66-27-34(47(48,49)50)38-40(59-46(2)16-17-46)55-44(57-42(38)66)52-30-6-9-33(10-7-30)62-22-20-60(3)21-23-62/h6-11,24,26-27,32,66H,12-23,28H2,1-5H3,(H2,52,55,57,59)(H2,53,54,56,58). The average Bonchev–Trinajstić information content (AvgIpc) is 4.11. The largest absolute Gasteiger partial charge is 0.495 e. The first-order valence-electron chi connectivity index (χ1n) is 22.6. The number of hydrogen-bond donors (Lipinski definition) is 5. The van der Waals surface area contributed by atoms with Gasteiger partial charge in [0.05, 0.1) is 39.9 Å². The fraction of sp³-hybridized carbons (Fsp3) is 0.468. The Kier molecular flexibility index (Phi) is 11.6. The molecule has 1 atom stereocenters. The number of methoxy groups -OCH3 is 1. The number of piperazine rings is 1. The SMILES string of the molecule is COc1cc(Nc2nc(NC3(C)CC3)c3c(C#N)csc3n2)ccc1N1CCC(N(C)C[SH]2C=C(C(F)(F)F)c3c(NC4(C)CC4)nc(Nc4ccc(N5CCN(C)CC5)cc4)nc32)CC1. The van der Waals surface area contributed by atoms with Crippen LogP contribution in [-0.2, 0) is 0 Å². The molecule has 2 aromatic carbocycles. The van der Waals surface area contributed by atoms with Gasteiger partial charge in [0, 0.05) is 90.8 Å². The summed E-state index contributed by atoms with van der Waals surface area (Å²) in [7, 11) is 4.37. The Morgan fingerprint density at radius 2 is 1.50 bits per heavy atom. The van der Waals surface area contributed by atoms with Crippen LogP contribution in [0, 0.1) is 11.3 Å². The number of ether oxygens (including phenoxy) is 1. The number of nitrogens with zero attached hydrogens (tertiary/aromatic N) is 9. The van der Waals surface area contributed by atoms with Gasteiger partial charge in [0.25, 0.3) is 0 Å². The third-order valence-electron chi connectivity index (χ3n) is 13.6. The summed E-state index contributed by atoms with van der Waals surface area (Å²) in [6, 6.07) is 16.5. The van der Waals surface area contributed by atoms with Gasteiger partial charge in [-0.05, 0) is 108 Å². The molecule has 1 unspecified atom stereocenters. The number of nitriles is 1. The minimum atomic E-state index is -4.56. The summed E-state index contributed by atoms with van der Waals surface area (Å²) in [5.41, 5.74) is 3.29. The quantitative estimate of drug-likeness (QED) is 0.0533. The zero-order chi connectivity index (χ0) is 46.0. The predicted molar refractivity (Wildman–Crippen MR) is 262 cm³/mol. The van der Waals surface area contributed by atoms with Crippen LogP contribution in [0.2, 0.25) is 0 Å². The second-order valence-corrected chi connectivity index (χ2v) is 21.7. The van der Waals surface area contributed by atoms with Crippen LogP contribution in [0.1, 0.15) is 63.5 Å². The van der Waals surface area contributed by atoms with Gasteiger partial charge in [0.15, 0.2) is 0 Å². The number of halogens is 3. The number of fused-ring (bicyclic) bond motifs is 2. The van der Waals surface area contributed by atoms with E-state index in [0.29, 0.717) is 39.9 Å². The fourth-order valence-electron chi connectivity index (χ4n) is 9.02. The molecule has 0 amide bonds. The van der Waals surface area contributed by atoms with Gasteiger partial charge in [-0.2, -0.15) is 39.3 Å². The van der Waals surface area contributed by atoms with Gasteiger partial charge < -0.3 is 40.7 Å². The second-order valence-electron chi connectivity index (χ2n) is 18.9. The van der Waals surface area contributed by atoms with Crippen LogP contribution in [0.3, 0.4) is 0 Å². The van der Waals surface area contributed by atoms with Crippen molar-refractivity contribution in [2.45, 2.75) is 80.7 Å². The van der Waals surface area contributed by atoms with Crippen LogP contribution in [0.15, 0.2) is 58.3 Å². The van der Waals surface area contributed by atoms with E-state index >= 15 is 0 Å². The maximum absolute atomic E-state index is 14.9. The summed E-state index contributed by atoms with van der Waals surface area (Å²) < 4.78 is 50.7. The molecule has 10 rings (SSSR count). The number of rotatable bonds is 14. The molecule has 14 nitrogen and oxygen atoms in total. The summed E-state index contributed by atoms with van der Waals surface area (Å²) in [5.74, 6) is 2.76. The van der Waals surface area contributed by atoms with Crippen molar-refractivity contribution in [2.75, 3.05) is 97.4 Å². The summed E-state index contributed by atoms with van der Waals surface area (Å²) >= 11 is 1.42. The van der Waals surface area contributed by atoms with Gasteiger partial charge in [0.2, 0.25) is 11.9 Å². The Labute approximate surface area is 390 Å². The highest BCUT2D eigenvalue weighted by molar-refractivity contribution is 8.20. The van der Waals surface area contributed by atoms with Gasteiger partial charge in [-0.15, -0.1) is 11.3 Å². The lowest BCUT2D eigenvalue weighted by Gasteiger charge is -2.39. The van der Waals surface area contributed by atoms with Crippen molar-refractivity contribution >= 4 is 84.3 Å². The molecule has 4 N–H and O–H groups in total. The number of allylic oxidation sites excluding steroid dienone is 1. The highest BCUT2D eigenvalue weighted by Gasteiger charge is 2.46. The highest BCUT2D eigenvalue weighted by Crippen LogP contribution is 2.57. The van der Waals surface area contributed by atoms with Gasteiger partial charge in [-0.25, -0.2) is 9.97 Å². The third kappa shape index (κ3) is 9.25. The molecular weight excluding hydrogens is 884 g/mol. The third-order valence-corrected chi connectivity index (χ3v) is 16.7. The van der Waals surface area contributed by atoms with Crippen LogP contribution in [-0.4, -0.2) is 119 Å². The number of hydrogen-bond acceptors (Lipinski definition) is 15. The van der Waals surface area contributed by atoms with Crippen molar-refractivity contribution in [2.24, 2.45) is 0 Å². The van der Waals surface area contributed by atoms with Gasteiger partial charge in [-0.1, -0.05) is 0 Å². The summed E-state index contributed by atoms with van der Waals surface area (Å²) in [6.07, 6.45) is 0.895. The number of nitrogens with one attached hydrogen (secondary N) is 4. The predicted octanol–water partition coefficient (Wildman–Crippen LogP) is 9.36. The molecule has 2 saturated carbocycles. The monoisotopic (exact) mass is 939 g/mol. The van der Waals surface area contributed by atoms with Crippen molar-refractivity contribution in [1.82, 2.24) is 29.7 Å². The number of thiophene rings is 1. The van der Waals surface area contributed by atoms with E-state index in [0.717, 1.165) is 111 Å². The normalized spacial score (nSPS) is 20.7. The van der Waals surface area contributed by atoms with Crippen molar-refractivity contribution in [3.05, 3.63) is 64.4 Å². The molecule has 66 heavy (non-hydrogen) atoms. The number of thiol groups is 1. The molecule has 2 aliphatic carbocycles.